The standard InChI is InChI=1S/C13H16N2O2/c1-14-13-15-9-12(17-13)7-6-10-4-3-5-11(8-10)16-2/h3-5,8-9H,6-7H2,1-2H3,(H,14,15). The van der Waals surface area contributed by atoms with E-state index in [-0.39, 0.29) is 0 Å². The van der Waals surface area contributed by atoms with Crippen LogP contribution in [0, 0.1) is 0 Å². The summed E-state index contributed by atoms with van der Waals surface area (Å²) in [5, 5.41) is 2.87. The molecule has 0 aliphatic carbocycles. The number of aryl methyl sites for hydroxylation is 2. The van der Waals surface area contributed by atoms with Crippen LogP contribution in [0.15, 0.2) is 34.9 Å². The molecular weight excluding hydrogens is 216 g/mol. The molecule has 4 nitrogen and oxygen atoms in total. The Hall–Kier alpha value is -1.97. The Morgan fingerprint density at radius 1 is 1.35 bits per heavy atom. The van der Waals surface area contributed by atoms with Crippen LogP contribution >= 0.6 is 0 Å². The molecule has 0 unspecified atom stereocenters. The van der Waals surface area contributed by atoms with Gasteiger partial charge in [-0.05, 0) is 24.1 Å². The highest BCUT2D eigenvalue weighted by Crippen LogP contribution is 2.15. The number of hydrogen-bond donors (Lipinski definition) is 1. The smallest absolute Gasteiger partial charge is 0.294 e. The van der Waals surface area contributed by atoms with E-state index in [0.29, 0.717) is 6.01 Å². The minimum absolute atomic E-state index is 0.561. The lowest BCUT2D eigenvalue weighted by Crippen LogP contribution is -1.91. The minimum atomic E-state index is 0.561. The first-order chi connectivity index (χ1) is 8.31. The van der Waals surface area contributed by atoms with Crippen LogP contribution in [0.2, 0.25) is 0 Å². The normalized spacial score (nSPS) is 10.2. The van der Waals surface area contributed by atoms with E-state index in [2.05, 4.69) is 16.4 Å². The summed E-state index contributed by atoms with van der Waals surface area (Å²) in [7, 11) is 3.46. The van der Waals surface area contributed by atoms with E-state index in [4.69, 9.17) is 9.15 Å². The van der Waals surface area contributed by atoms with Crippen LogP contribution in [-0.2, 0) is 12.8 Å². The molecule has 2 rings (SSSR count). The van der Waals surface area contributed by atoms with Crippen LogP contribution in [0.4, 0.5) is 6.01 Å². The zero-order chi connectivity index (χ0) is 12.1. The molecule has 1 aromatic heterocycles. The molecule has 0 aliphatic heterocycles. The van der Waals surface area contributed by atoms with Crippen LogP contribution in [0.1, 0.15) is 11.3 Å². The lowest BCUT2D eigenvalue weighted by Gasteiger charge is -2.03. The van der Waals surface area contributed by atoms with Gasteiger partial charge in [-0.1, -0.05) is 12.1 Å². The molecule has 0 aliphatic rings. The van der Waals surface area contributed by atoms with Crippen molar-refractivity contribution in [1.82, 2.24) is 4.98 Å². The first-order valence-corrected chi connectivity index (χ1v) is 5.57. The summed E-state index contributed by atoms with van der Waals surface area (Å²) in [6.45, 7) is 0. The second-order valence-corrected chi connectivity index (χ2v) is 3.73. The number of aromatic nitrogens is 1. The minimum Gasteiger partial charge on any atom is -0.497 e. The van der Waals surface area contributed by atoms with E-state index in [1.807, 2.05) is 18.2 Å². The maximum absolute atomic E-state index is 5.46. The van der Waals surface area contributed by atoms with E-state index in [0.717, 1.165) is 24.4 Å². The SMILES string of the molecule is CNc1ncc(CCc2cccc(OC)c2)o1. The van der Waals surface area contributed by atoms with E-state index in [1.54, 1.807) is 20.4 Å². The van der Waals surface area contributed by atoms with Gasteiger partial charge >= 0.3 is 0 Å². The topological polar surface area (TPSA) is 47.3 Å². The lowest BCUT2D eigenvalue weighted by atomic mass is 10.1. The van der Waals surface area contributed by atoms with Crippen LogP contribution in [0.25, 0.3) is 0 Å². The van der Waals surface area contributed by atoms with E-state index in [9.17, 15) is 0 Å². The number of nitrogens with zero attached hydrogens (tertiary/aromatic N) is 1. The molecule has 0 amide bonds. The molecule has 0 atom stereocenters. The number of methoxy groups -OCH3 is 1. The molecule has 1 aromatic carbocycles. The van der Waals surface area contributed by atoms with Crippen molar-refractivity contribution < 1.29 is 9.15 Å². The second-order valence-electron chi connectivity index (χ2n) is 3.73. The van der Waals surface area contributed by atoms with Gasteiger partial charge in [0, 0.05) is 13.5 Å². The first kappa shape index (κ1) is 11.5. The third-order valence-electron chi connectivity index (χ3n) is 2.56. The van der Waals surface area contributed by atoms with Crippen molar-refractivity contribution in [2.75, 3.05) is 19.5 Å². The Morgan fingerprint density at radius 2 is 2.24 bits per heavy atom. The maximum Gasteiger partial charge on any atom is 0.294 e. The van der Waals surface area contributed by atoms with Gasteiger partial charge in [-0.2, -0.15) is 0 Å². The van der Waals surface area contributed by atoms with Crippen molar-refractivity contribution in [2.45, 2.75) is 12.8 Å². The summed E-state index contributed by atoms with van der Waals surface area (Å²) in [5.41, 5.74) is 1.23. The van der Waals surface area contributed by atoms with E-state index >= 15 is 0 Å². The third kappa shape index (κ3) is 3.00. The predicted molar refractivity (Wildman–Crippen MR) is 66.5 cm³/mol. The fourth-order valence-electron chi connectivity index (χ4n) is 1.63. The van der Waals surface area contributed by atoms with Gasteiger partial charge in [0.25, 0.3) is 6.01 Å². The molecule has 0 spiro atoms. The monoisotopic (exact) mass is 232 g/mol. The van der Waals surface area contributed by atoms with Crippen LogP contribution < -0.4 is 10.1 Å². The van der Waals surface area contributed by atoms with Crippen LogP contribution in [0.5, 0.6) is 5.75 Å². The molecule has 2 aromatic rings. The second kappa shape index (κ2) is 5.39. The Bertz CT molecular complexity index is 480. The van der Waals surface area contributed by atoms with Gasteiger partial charge in [-0.25, -0.2) is 4.98 Å². The highest BCUT2D eigenvalue weighted by molar-refractivity contribution is 5.29. The molecule has 0 saturated carbocycles. The average Bonchev–Trinajstić information content (AvgIpc) is 2.84. The zero-order valence-corrected chi connectivity index (χ0v) is 10.1. The van der Waals surface area contributed by atoms with Gasteiger partial charge in [-0.15, -0.1) is 0 Å². The highest BCUT2D eigenvalue weighted by atomic mass is 16.5. The number of benzene rings is 1. The number of anilines is 1. The molecular formula is C13H16N2O2. The summed E-state index contributed by atoms with van der Waals surface area (Å²) in [4.78, 5) is 4.08. The van der Waals surface area contributed by atoms with Crippen molar-refractivity contribution in [3.63, 3.8) is 0 Å². The molecule has 0 saturated heterocycles. The number of ether oxygens (including phenoxy) is 1. The summed E-state index contributed by atoms with van der Waals surface area (Å²) in [5.74, 6) is 1.77. The third-order valence-corrected chi connectivity index (χ3v) is 2.56. The highest BCUT2D eigenvalue weighted by Gasteiger charge is 2.03. The largest absolute Gasteiger partial charge is 0.497 e. The van der Waals surface area contributed by atoms with Gasteiger partial charge in [0.1, 0.15) is 11.5 Å². The molecule has 1 N–H and O–H groups in total. The van der Waals surface area contributed by atoms with Gasteiger partial charge < -0.3 is 14.5 Å². The molecule has 0 fully saturated rings. The summed E-state index contributed by atoms with van der Waals surface area (Å²) in [6.07, 6.45) is 3.50. The Balaban J connectivity index is 1.96. The quantitative estimate of drug-likeness (QED) is 0.860. The maximum atomic E-state index is 5.46. The summed E-state index contributed by atoms with van der Waals surface area (Å²) in [6, 6.07) is 8.61. The van der Waals surface area contributed by atoms with Crippen LogP contribution in [-0.4, -0.2) is 19.1 Å². The van der Waals surface area contributed by atoms with Gasteiger partial charge in [0.05, 0.1) is 13.3 Å². The number of rotatable bonds is 5. The molecule has 0 radical (unpaired) electrons. The Labute approximate surface area is 101 Å². The van der Waals surface area contributed by atoms with Gasteiger partial charge in [0.15, 0.2) is 0 Å². The number of hydrogen-bond acceptors (Lipinski definition) is 4. The molecule has 1 heterocycles. The zero-order valence-electron chi connectivity index (χ0n) is 10.1. The Morgan fingerprint density at radius 3 is 2.94 bits per heavy atom. The molecule has 4 heteroatoms. The predicted octanol–water partition coefficient (Wildman–Crippen LogP) is 2.51. The van der Waals surface area contributed by atoms with Gasteiger partial charge in [-0.3, -0.25) is 0 Å². The number of nitrogens with one attached hydrogen (secondary N) is 1. The molecule has 17 heavy (non-hydrogen) atoms. The van der Waals surface area contributed by atoms with Gasteiger partial charge in [0.2, 0.25) is 0 Å². The fourth-order valence-corrected chi connectivity index (χ4v) is 1.63. The average molecular weight is 232 g/mol. The fraction of sp³-hybridized carbons (Fsp3) is 0.308. The Kier molecular flexibility index (Phi) is 3.65. The summed E-state index contributed by atoms with van der Waals surface area (Å²) < 4.78 is 10.6. The number of oxazole rings is 1. The van der Waals surface area contributed by atoms with Crippen molar-refractivity contribution in [3.05, 3.63) is 41.8 Å². The van der Waals surface area contributed by atoms with Crippen molar-refractivity contribution in [3.8, 4) is 5.75 Å². The van der Waals surface area contributed by atoms with Crippen molar-refractivity contribution in [1.29, 1.82) is 0 Å². The van der Waals surface area contributed by atoms with Crippen LogP contribution in [0.3, 0.4) is 0 Å². The molecule has 0 bridgehead atoms. The van der Waals surface area contributed by atoms with Crippen molar-refractivity contribution in [2.24, 2.45) is 0 Å². The lowest BCUT2D eigenvalue weighted by molar-refractivity contribution is 0.414. The van der Waals surface area contributed by atoms with E-state index < -0.39 is 0 Å². The first-order valence-electron chi connectivity index (χ1n) is 5.57. The van der Waals surface area contributed by atoms with Crippen molar-refractivity contribution >= 4 is 6.01 Å². The van der Waals surface area contributed by atoms with E-state index in [1.165, 1.54) is 5.56 Å². The molecule has 90 valence electrons. The summed E-state index contributed by atoms with van der Waals surface area (Å²) >= 11 is 0.